The fourth-order valence-electron chi connectivity index (χ4n) is 3.07. The van der Waals surface area contributed by atoms with E-state index in [0.717, 1.165) is 27.7 Å². The van der Waals surface area contributed by atoms with Crippen molar-refractivity contribution < 1.29 is 5.11 Å². The zero-order valence-corrected chi connectivity index (χ0v) is 13.3. The summed E-state index contributed by atoms with van der Waals surface area (Å²) in [5.74, 6) is 0.191. The quantitative estimate of drug-likeness (QED) is 0.761. The summed E-state index contributed by atoms with van der Waals surface area (Å²) >= 11 is 0. The maximum Gasteiger partial charge on any atom is 0.131 e. The van der Waals surface area contributed by atoms with Crippen LogP contribution in [0.15, 0.2) is 72.8 Å². The van der Waals surface area contributed by atoms with Crippen molar-refractivity contribution >= 4 is 16.6 Å². The number of benzene rings is 2. The van der Waals surface area contributed by atoms with Gasteiger partial charge < -0.3 is 15.7 Å². The molecule has 0 bridgehead atoms. The van der Waals surface area contributed by atoms with Gasteiger partial charge in [-0.15, -0.1) is 0 Å². The Morgan fingerprint density at radius 2 is 2.00 bits per heavy atom. The molecule has 0 amide bonds. The average Bonchev–Trinajstić information content (AvgIpc) is 2.98. The second-order valence-electron chi connectivity index (χ2n) is 5.87. The van der Waals surface area contributed by atoms with E-state index >= 15 is 0 Å². The van der Waals surface area contributed by atoms with Crippen molar-refractivity contribution in [2.75, 3.05) is 4.90 Å². The van der Waals surface area contributed by atoms with Gasteiger partial charge in [0.05, 0.1) is 11.7 Å². The molecule has 5 heteroatoms. The van der Waals surface area contributed by atoms with Gasteiger partial charge in [-0.3, -0.25) is 4.68 Å². The minimum absolute atomic E-state index is 0.191. The third kappa shape index (κ3) is 2.35. The molecule has 1 aliphatic heterocycles. The number of allylic oxidation sites excluding steroid dienone is 1. The molecule has 0 fully saturated rings. The fraction of sp³-hybridized carbons (Fsp3) is 0.105. The topological polar surface area (TPSA) is 67.3 Å². The smallest absolute Gasteiger partial charge is 0.131 e. The van der Waals surface area contributed by atoms with E-state index in [2.05, 4.69) is 29.4 Å². The maximum absolute atomic E-state index is 9.76. The molecule has 1 aliphatic rings. The molecule has 0 radical (unpaired) electrons. The Morgan fingerprint density at radius 3 is 2.88 bits per heavy atom. The highest BCUT2D eigenvalue weighted by Crippen LogP contribution is 2.31. The lowest BCUT2D eigenvalue weighted by Crippen LogP contribution is -2.38. The number of anilines is 1. The number of fused-ring (bicyclic) bond motifs is 1. The monoisotopic (exact) mass is 318 g/mol. The number of hydrogen-bond acceptors (Lipinski definition) is 4. The summed E-state index contributed by atoms with van der Waals surface area (Å²) in [6.45, 7) is 0. The van der Waals surface area contributed by atoms with Crippen LogP contribution in [0.3, 0.4) is 0 Å². The lowest BCUT2D eigenvalue weighted by atomic mass is 10.0. The molecular formula is C19H18N4O. The van der Waals surface area contributed by atoms with Gasteiger partial charge in [-0.2, -0.15) is 5.10 Å². The van der Waals surface area contributed by atoms with Crippen LogP contribution in [-0.2, 0) is 7.05 Å². The first-order valence-corrected chi connectivity index (χ1v) is 7.77. The zero-order chi connectivity index (χ0) is 16.7. The van der Waals surface area contributed by atoms with Gasteiger partial charge in [0.2, 0.25) is 0 Å². The lowest BCUT2D eigenvalue weighted by Gasteiger charge is -2.28. The van der Waals surface area contributed by atoms with Crippen LogP contribution in [0.4, 0.5) is 5.69 Å². The van der Waals surface area contributed by atoms with E-state index < -0.39 is 0 Å². The van der Waals surface area contributed by atoms with Crippen LogP contribution in [0, 0.1) is 0 Å². The summed E-state index contributed by atoms with van der Waals surface area (Å²) in [7, 11) is 1.94. The van der Waals surface area contributed by atoms with Gasteiger partial charge in [0.25, 0.3) is 0 Å². The highest BCUT2D eigenvalue weighted by molar-refractivity contribution is 5.95. The van der Waals surface area contributed by atoms with Gasteiger partial charge in [0.1, 0.15) is 11.9 Å². The van der Waals surface area contributed by atoms with Crippen molar-refractivity contribution in [3.05, 3.63) is 72.8 Å². The molecule has 120 valence electrons. The van der Waals surface area contributed by atoms with Gasteiger partial charge >= 0.3 is 0 Å². The number of aliphatic hydroxyl groups excluding tert-OH is 1. The van der Waals surface area contributed by atoms with Crippen LogP contribution in [0.25, 0.3) is 22.0 Å². The second kappa shape index (κ2) is 5.54. The Balaban J connectivity index is 1.82. The molecule has 3 aromatic rings. The molecule has 0 saturated heterocycles. The summed E-state index contributed by atoms with van der Waals surface area (Å²) in [4.78, 5) is 1.85. The SMILES string of the molecule is Cn1ncc2c(-c3cccc(N4C=C(O)C=CC4N)c3)cccc21. The van der Waals surface area contributed by atoms with Crippen LogP contribution in [0.2, 0.25) is 0 Å². The Morgan fingerprint density at radius 1 is 1.17 bits per heavy atom. The Hall–Kier alpha value is -3.05. The predicted molar refractivity (Wildman–Crippen MR) is 96.5 cm³/mol. The van der Waals surface area contributed by atoms with Crippen molar-refractivity contribution in [1.82, 2.24) is 9.78 Å². The summed E-state index contributed by atoms with van der Waals surface area (Å²) in [5, 5.41) is 15.2. The first-order valence-electron chi connectivity index (χ1n) is 7.77. The molecule has 0 spiro atoms. The summed E-state index contributed by atoms with van der Waals surface area (Å²) in [6.07, 6.45) is 6.61. The molecule has 3 N–H and O–H groups in total. The van der Waals surface area contributed by atoms with Gasteiger partial charge in [-0.1, -0.05) is 24.3 Å². The molecule has 0 saturated carbocycles. The lowest BCUT2D eigenvalue weighted by molar-refractivity contribution is 0.425. The molecular weight excluding hydrogens is 300 g/mol. The van der Waals surface area contributed by atoms with Gasteiger partial charge in [0, 0.05) is 24.3 Å². The fourth-order valence-corrected chi connectivity index (χ4v) is 3.07. The first kappa shape index (κ1) is 14.5. The van der Waals surface area contributed by atoms with Crippen LogP contribution >= 0.6 is 0 Å². The van der Waals surface area contributed by atoms with Crippen LogP contribution < -0.4 is 10.6 Å². The van der Waals surface area contributed by atoms with E-state index in [-0.39, 0.29) is 11.9 Å². The van der Waals surface area contributed by atoms with Gasteiger partial charge in [0.15, 0.2) is 0 Å². The number of aryl methyl sites for hydroxylation is 1. The molecule has 2 aromatic carbocycles. The zero-order valence-electron chi connectivity index (χ0n) is 13.3. The predicted octanol–water partition coefficient (Wildman–Crippen LogP) is 3.30. The van der Waals surface area contributed by atoms with Crippen molar-refractivity contribution in [2.45, 2.75) is 6.17 Å². The molecule has 1 atom stereocenters. The number of nitrogens with two attached hydrogens (primary N) is 1. The van der Waals surface area contributed by atoms with Gasteiger partial charge in [-0.25, -0.2) is 0 Å². The van der Waals surface area contributed by atoms with Crippen molar-refractivity contribution in [3.63, 3.8) is 0 Å². The molecule has 5 nitrogen and oxygen atoms in total. The third-order valence-electron chi connectivity index (χ3n) is 4.30. The van der Waals surface area contributed by atoms with Crippen LogP contribution in [0.1, 0.15) is 0 Å². The van der Waals surface area contributed by atoms with E-state index in [1.54, 1.807) is 18.4 Å². The Kier molecular flexibility index (Phi) is 3.36. The summed E-state index contributed by atoms with van der Waals surface area (Å²) in [5.41, 5.74) is 10.4. The minimum Gasteiger partial charge on any atom is -0.506 e. The van der Waals surface area contributed by atoms with Crippen LogP contribution in [-0.4, -0.2) is 21.1 Å². The number of rotatable bonds is 2. The normalized spacial score (nSPS) is 17.3. The molecule has 0 aliphatic carbocycles. The molecule has 2 heterocycles. The van der Waals surface area contributed by atoms with Crippen molar-refractivity contribution in [2.24, 2.45) is 12.8 Å². The maximum atomic E-state index is 9.76. The highest BCUT2D eigenvalue weighted by atomic mass is 16.3. The molecule has 1 aromatic heterocycles. The van der Waals surface area contributed by atoms with Crippen molar-refractivity contribution in [1.29, 1.82) is 0 Å². The second-order valence-corrected chi connectivity index (χ2v) is 5.87. The molecule has 4 rings (SSSR count). The standard InChI is InChI=1S/C19H18N4O/c1-22-18-7-3-6-16(17(18)11-21-22)13-4-2-5-14(10-13)23-12-15(24)8-9-19(23)20/h2-12,19,24H,20H2,1H3. The number of nitrogens with zero attached hydrogens (tertiary/aromatic N) is 3. The largest absolute Gasteiger partial charge is 0.506 e. The molecule has 24 heavy (non-hydrogen) atoms. The summed E-state index contributed by atoms with van der Waals surface area (Å²) in [6, 6.07) is 14.3. The number of aromatic nitrogens is 2. The number of aliphatic hydroxyl groups is 1. The number of hydrogen-bond donors (Lipinski definition) is 2. The van der Waals surface area contributed by atoms with E-state index in [0.29, 0.717) is 0 Å². The van der Waals surface area contributed by atoms with E-state index in [9.17, 15) is 5.11 Å². The highest BCUT2D eigenvalue weighted by Gasteiger charge is 2.16. The minimum atomic E-state index is -0.301. The van der Waals surface area contributed by atoms with Crippen LogP contribution in [0.5, 0.6) is 0 Å². The third-order valence-corrected chi connectivity index (χ3v) is 4.30. The van der Waals surface area contributed by atoms with Gasteiger partial charge in [-0.05, 0) is 41.5 Å². The van der Waals surface area contributed by atoms with E-state index in [1.807, 2.05) is 41.0 Å². The average molecular weight is 318 g/mol. The van der Waals surface area contributed by atoms with Crippen molar-refractivity contribution in [3.8, 4) is 11.1 Å². The Labute approximate surface area is 139 Å². The van der Waals surface area contributed by atoms with E-state index in [4.69, 9.17) is 5.73 Å². The Bertz CT molecular complexity index is 970. The van der Waals surface area contributed by atoms with E-state index in [1.165, 1.54) is 0 Å². The summed E-state index contributed by atoms with van der Waals surface area (Å²) < 4.78 is 1.87. The first-order chi connectivity index (χ1) is 11.6. The molecule has 1 unspecified atom stereocenters.